The smallest absolute Gasteiger partial charge is 0.328 e. The Labute approximate surface area is 123 Å². The van der Waals surface area contributed by atoms with Crippen molar-refractivity contribution in [1.29, 1.82) is 0 Å². The molecule has 2 aromatic rings. The number of aliphatic carboxylic acids is 1. The maximum atomic E-state index is 11.2. The van der Waals surface area contributed by atoms with Gasteiger partial charge in [-0.1, -0.05) is 44.2 Å². The molecule has 1 atom stereocenters. The highest BCUT2D eigenvalue weighted by Gasteiger charge is 2.17. The summed E-state index contributed by atoms with van der Waals surface area (Å²) in [7, 11) is 0. The molecule has 0 spiro atoms. The molecule has 110 valence electrons. The molecule has 0 aromatic heterocycles. The maximum absolute atomic E-state index is 11.2. The number of carboxylic acid groups (broad SMARTS) is 1. The number of rotatable bonds is 5. The van der Waals surface area contributed by atoms with Gasteiger partial charge in [-0.05, 0) is 29.2 Å². The lowest BCUT2D eigenvalue weighted by atomic mass is 10.0. The molecule has 0 bridgehead atoms. The monoisotopic (exact) mass is 285 g/mol. The zero-order valence-corrected chi connectivity index (χ0v) is 12.2. The van der Waals surface area contributed by atoms with Crippen LogP contribution in [-0.4, -0.2) is 28.4 Å². The summed E-state index contributed by atoms with van der Waals surface area (Å²) >= 11 is 0. The van der Waals surface area contributed by atoms with E-state index in [1.807, 2.05) is 44.2 Å². The number of hydrogen-bond donors (Lipinski definition) is 2. The molecule has 2 rings (SSSR count). The first-order valence-corrected chi connectivity index (χ1v) is 6.95. The van der Waals surface area contributed by atoms with Crippen molar-refractivity contribution in [1.82, 2.24) is 0 Å². The van der Waals surface area contributed by atoms with Crippen molar-refractivity contribution >= 4 is 23.0 Å². The molecule has 0 aliphatic rings. The Hall–Kier alpha value is -2.36. The largest absolute Gasteiger partial charge is 0.507 e. The van der Waals surface area contributed by atoms with Crippen LogP contribution in [0.1, 0.15) is 25.8 Å². The van der Waals surface area contributed by atoms with Crippen molar-refractivity contribution in [2.24, 2.45) is 10.9 Å². The minimum Gasteiger partial charge on any atom is -0.507 e. The molecular weight excluding hydrogens is 266 g/mol. The summed E-state index contributed by atoms with van der Waals surface area (Å²) in [6, 6.07) is 10.3. The first kappa shape index (κ1) is 15.0. The van der Waals surface area contributed by atoms with Crippen molar-refractivity contribution in [3.05, 3.63) is 42.0 Å². The highest BCUT2D eigenvalue weighted by Crippen LogP contribution is 2.25. The molecule has 0 saturated carbocycles. The molecule has 0 unspecified atom stereocenters. The molecule has 0 fully saturated rings. The second-order valence-corrected chi connectivity index (χ2v) is 5.48. The predicted molar refractivity (Wildman–Crippen MR) is 84.1 cm³/mol. The Morgan fingerprint density at radius 2 is 1.95 bits per heavy atom. The van der Waals surface area contributed by atoms with Gasteiger partial charge in [0.2, 0.25) is 0 Å². The number of fused-ring (bicyclic) bond motifs is 1. The summed E-state index contributed by atoms with van der Waals surface area (Å²) in [5.41, 5.74) is 0.558. The third-order valence-electron chi connectivity index (χ3n) is 3.31. The van der Waals surface area contributed by atoms with E-state index < -0.39 is 12.0 Å². The van der Waals surface area contributed by atoms with Gasteiger partial charge in [-0.2, -0.15) is 0 Å². The van der Waals surface area contributed by atoms with Gasteiger partial charge >= 0.3 is 5.97 Å². The van der Waals surface area contributed by atoms with Crippen LogP contribution in [0.15, 0.2) is 41.4 Å². The Kier molecular flexibility index (Phi) is 4.58. The third-order valence-corrected chi connectivity index (χ3v) is 3.31. The Morgan fingerprint density at radius 3 is 2.62 bits per heavy atom. The van der Waals surface area contributed by atoms with E-state index in [9.17, 15) is 15.0 Å². The summed E-state index contributed by atoms with van der Waals surface area (Å²) in [4.78, 5) is 15.4. The van der Waals surface area contributed by atoms with Crippen LogP contribution in [0.5, 0.6) is 5.75 Å². The van der Waals surface area contributed by atoms with Gasteiger partial charge in [0.05, 0.1) is 0 Å². The number of phenolic OH excluding ortho intramolecular Hbond substituents is 1. The summed E-state index contributed by atoms with van der Waals surface area (Å²) < 4.78 is 0. The molecule has 4 nitrogen and oxygen atoms in total. The van der Waals surface area contributed by atoms with Crippen LogP contribution in [0, 0.1) is 5.92 Å². The fourth-order valence-electron chi connectivity index (χ4n) is 2.26. The van der Waals surface area contributed by atoms with Crippen molar-refractivity contribution in [2.75, 3.05) is 0 Å². The van der Waals surface area contributed by atoms with E-state index in [0.29, 0.717) is 12.0 Å². The highest BCUT2D eigenvalue weighted by molar-refractivity contribution is 6.02. The number of aliphatic imine (C=N–C) groups is 1. The Balaban J connectivity index is 2.40. The van der Waals surface area contributed by atoms with Crippen LogP contribution in [0.3, 0.4) is 0 Å². The lowest BCUT2D eigenvalue weighted by Crippen LogP contribution is -2.20. The van der Waals surface area contributed by atoms with Gasteiger partial charge in [0.15, 0.2) is 0 Å². The number of benzene rings is 2. The zero-order valence-electron chi connectivity index (χ0n) is 12.2. The van der Waals surface area contributed by atoms with Gasteiger partial charge in [-0.25, -0.2) is 4.79 Å². The number of aromatic hydroxyl groups is 1. The van der Waals surface area contributed by atoms with E-state index in [0.717, 1.165) is 10.8 Å². The SMILES string of the molecule is CC(C)C[C@H](N=Cc1c(O)ccc2ccccc12)C(=O)O. The first-order chi connectivity index (χ1) is 9.99. The molecular formula is C17H19NO3. The van der Waals surface area contributed by atoms with E-state index in [1.165, 1.54) is 6.21 Å². The first-order valence-electron chi connectivity index (χ1n) is 6.95. The molecule has 2 N–H and O–H groups in total. The lowest BCUT2D eigenvalue weighted by molar-refractivity contribution is -0.138. The fourth-order valence-corrected chi connectivity index (χ4v) is 2.26. The van der Waals surface area contributed by atoms with Crippen LogP contribution in [0.4, 0.5) is 0 Å². The van der Waals surface area contributed by atoms with Crippen LogP contribution in [0.2, 0.25) is 0 Å². The highest BCUT2D eigenvalue weighted by atomic mass is 16.4. The van der Waals surface area contributed by atoms with Gasteiger partial charge in [0.25, 0.3) is 0 Å². The van der Waals surface area contributed by atoms with Crippen LogP contribution in [0.25, 0.3) is 10.8 Å². The van der Waals surface area contributed by atoms with Gasteiger partial charge in [0, 0.05) is 11.8 Å². The van der Waals surface area contributed by atoms with Crippen molar-refractivity contribution < 1.29 is 15.0 Å². The second-order valence-electron chi connectivity index (χ2n) is 5.48. The maximum Gasteiger partial charge on any atom is 0.328 e. The minimum atomic E-state index is -0.945. The molecule has 21 heavy (non-hydrogen) atoms. The standard InChI is InChI=1S/C17H19NO3/c1-11(2)9-15(17(20)21)18-10-14-13-6-4-3-5-12(13)7-8-16(14)19/h3-8,10-11,15,19H,9H2,1-2H3,(H,20,21)/t15-/m0/s1. The van der Waals surface area contributed by atoms with Crippen molar-refractivity contribution in [3.63, 3.8) is 0 Å². The van der Waals surface area contributed by atoms with Crippen LogP contribution < -0.4 is 0 Å². The Morgan fingerprint density at radius 1 is 1.24 bits per heavy atom. The molecule has 2 aromatic carbocycles. The summed E-state index contributed by atoms with van der Waals surface area (Å²) in [5, 5.41) is 21.0. The molecule has 0 amide bonds. The summed E-state index contributed by atoms with van der Waals surface area (Å²) in [6.45, 7) is 3.92. The molecule has 0 aliphatic carbocycles. The van der Waals surface area contributed by atoms with Gasteiger partial charge < -0.3 is 10.2 Å². The van der Waals surface area contributed by atoms with Crippen molar-refractivity contribution in [2.45, 2.75) is 26.3 Å². The number of hydrogen-bond acceptors (Lipinski definition) is 3. The normalized spacial score (nSPS) is 13.1. The minimum absolute atomic E-state index is 0.103. The van der Waals surface area contributed by atoms with Crippen LogP contribution >= 0.6 is 0 Å². The number of carboxylic acids is 1. The molecule has 0 heterocycles. The van der Waals surface area contributed by atoms with E-state index in [4.69, 9.17) is 0 Å². The number of phenols is 1. The number of nitrogens with zero attached hydrogens (tertiary/aromatic N) is 1. The second kappa shape index (κ2) is 6.39. The molecule has 0 radical (unpaired) electrons. The van der Waals surface area contributed by atoms with Gasteiger partial charge in [0.1, 0.15) is 11.8 Å². The Bertz CT molecular complexity index is 677. The van der Waals surface area contributed by atoms with E-state index in [2.05, 4.69) is 4.99 Å². The van der Waals surface area contributed by atoms with E-state index in [1.54, 1.807) is 6.07 Å². The number of carbonyl (C=O) groups is 1. The summed E-state index contributed by atoms with van der Waals surface area (Å²) in [5.74, 6) is -0.602. The molecule has 4 heteroatoms. The zero-order chi connectivity index (χ0) is 15.4. The average Bonchev–Trinajstić information content (AvgIpc) is 2.44. The third kappa shape index (κ3) is 3.60. The van der Waals surface area contributed by atoms with Crippen molar-refractivity contribution in [3.8, 4) is 5.75 Å². The van der Waals surface area contributed by atoms with Gasteiger partial charge in [-0.3, -0.25) is 4.99 Å². The topological polar surface area (TPSA) is 69.9 Å². The quantitative estimate of drug-likeness (QED) is 0.826. The van der Waals surface area contributed by atoms with Gasteiger partial charge in [-0.15, -0.1) is 0 Å². The summed E-state index contributed by atoms with van der Waals surface area (Å²) in [6.07, 6.45) is 1.94. The molecule has 0 saturated heterocycles. The average molecular weight is 285 g/mol. The van der Waals surface area contributed by atoms with E-state index >= 15 is 0 Å². The fraction of sp³-hybridized carbons (Fsp3) is 0.294. The van der Waals surface area contributed by atoms with Crippen LogP contribution in [-0.2, 0) is 4.79 Å². The lowest BCUT2D eigenvalue weighted by Gasteiger charge is -2.10. The molecule has 0 aliphatic heterocycles. The van der Waals surface area contributed by atoms with E-state index in [-0.39, 0.29) is 11.7 Å². The predicted octanol–water partition coefficient (Wildman–Crippen LogP) is 3.46.